The van der Waals surface area contributed by atoms with Crippen LogP contribution in [-0.2, 0) is 0 Å². The van der Waals surface area contributed by atoms with E-state index in [0.717, 1.165) is 37.4 Å². The van der Waals surface area contributed by atoms with Crippen LogP contribution in [0, 0.1) is 0 Å². The van der Waals surface area contributed by atoms with Gasteiger partial charge in [-0.1, -0.05) is 36.4 Å². The van der Waals surface area contributed by atoms with E-state index >= 15 is 0 Å². The summed E-state index contributed by atoms with van der Waals surface area (Å²) in [6.45, 7) is 0.743. The van der Waals surface area contributed by atoms with Crippen LogP contribution >= 0.6 is 12.6 Å². The second-order valence-electron chi connectivity index (χ2n) is 4.76. The molecule has 0 spiro atoms. The molecule has 2 aromatic carbocycles. The van der Waals surface area contributed by atoms with E-state index in [-0.39, 0.29) is 6.04 Å². The predicted molar refractivity (Wildman–Crippen MR) is 85.1 cm³/mol. The van der Waals surface area contributed by atoms with Gasteiger partial charge in [0.25, 0.3) is 0 Å². The van der Waals surface area contributed by atoms with Gasteiger partial charge in [-0.2, -0.15) is 12.6 Å². The van der Waals surface area contributed by atoms with Crippen molar-refractivity contribution in [1.82, 2.24) is 0 Å². The monoisotopic (exact) mass is 275 g/mol. The lowest BCUT2D eigenvalue weighted by atomic mass is 10.1. The lowest BCUT2D eigenvalue weighted by Gasteiger charge is -2.10. The minimum absolute atomic E-state index is 0.209. The second-order valence-corrected chi connectivity index (χ2v) is 5.13. The minimum atomic E-state index is 0.209. The first-order chi connectivity index (χ1) is 9.31. The molecule has 19 heavy (non-hydrogen) atoms. The fraction of sp³-hybridized carbons (Fsp3) is 0.375. The van der Waals surface area contributed by atoms with Gasteiger partial charge < -0.3 is 10.5 Å². The zero-order valence-electron chi connectivity index (χ0n) is 11.1. The number of ether oxygens (including phenoxy) is 1. The molecule has 3 heteroatoms. The fourth-order valence-electron chi connectivity index (χ4n) is 2.10. The Hall–Kier alpha value is -1.19. The van der Waals surface area contributed by atoms with Gasteiger partial charge in [0.1, 0.15) is 5.75 Å². The predicted octanol–water partition coefficient (Wildman–Crippen LogP) is 3.65. The van der Waals surface area contributed by atoms with E-state index < -0.39 is 0 Å². The number of fused-ring (bicyclic) bond motifs is 1. The maximum atomic E-state index is 5.87. The van der Waals surface area contributed by atoms with Gasteiger partial charge in [0.2, 0.25) is 0 Å². The molecule has 0 heterocycles. The summed E-state index contributed by atoms with van der Waals surface area (Å²) in [5.41, 5.74) is 5.82. The summed E-state index contributed by atoms with van der Waals surface area (Å²) in [5.74, 6) is 1.72. The Bertz CT molecular complexity index is 510. The molecular formula is C16H21NOS. The minimum Gasteiger partial charge on any atom is -0.493 e. The molecule has 0 fully saturated rings. The lowest BCUT2D eigenvalue weighted by Crippen LogP contribution is -2.21. The van der Waals surface area contributed by atoms with Crippen LogP contribution in [0.1, 0.15) is 19.3 Å². The van der Waals surface area contributed by atoms with Gasteiger partial charge >= 0.3 is 0 Å². The van der Waals surface area contributed by atoms with E-state index in [1.54, 1.807) is 0 Å². The van der Waals surface area contributed by atoms with Crippen LogP contribution in [0.3, 0.4) is 0 Å². The summed E-state index contributed by atoms with van der Waals surface area (Å²) in [7, 11) is 0. The summed E-state index contributed by atoms with van der Waals surface area (Å²) >= 11 is 4.18. The van der Waals surface area contributed by atoms with Crippen molar-refractivity contribution in [3.63, 3.8) is 0 Å². The normalized spacial score (nSPS) is 12.5. The van der Waals surface area contributed by atoms with Gasteiger partial charge in [-0.25, -0.2) is 0 Å². The van der Waals surface area contributed by atoms with Crippen LogP contribution in [-0.4, -0.2) is 18.4 Å². The van der Waals surface area contributed by atoms with Crippen molar-refractivity contribution >= 4 is 23.4 Å². The van der Waals surface area contributed by atoms with Crippen molar-refractivity contribution in [3.05, 3.63) is 42.5 Å². The Morgan fingerprint density at radius 3 is 2.68 bits per heavy atom. The van der Waals surface area contributed by atoms with Crippen LogP contribution in [0.5, 0.6) is 5.75 Å². The maximum Gasteiger partial charge on any atom is 0.127 e. The lowest BCUT2D eigenvalue weighted by molar-refractivity contribution is 0.307. The highest BCUT2D eigenvalue weighted by molar-refractivity contribution is 7.80. The molecule has 2 rings (SSSR count). The van der Waals surface area contributed by atoms with Crippen molar-refractivity contribution in [3.8, 4) is 5.75 Å². The summed E-state index contributed by atoms with van der Waals surface area (Å²) < 4.78 is 5.87. The zero-order chi connectivity index (χ0) is 13.5. The third-order valence-electron chi connectivity index (χ3n) is 3.21. The first-order valence-electron chi connectivity index (χ1n) is 6.78. The molecule has 2 N–H and O–H groups in total. The van der Waals surface area contributed by atoms with E-state index in [4.69, 9.17) is 10.5 Å². The Morgan fingerprint density at radius 1 is 1.05 bits per heavy atom. The van der Waals surface area contributed by atoms with Gasteiger partial charge in [0.05, 0.1) is 6.61 Å². The molecule has 0 bridgehead atoms. The summed E-state index contributed by atoms with van der Waals surface area (Å²) in [6, 6.07) is 14.7. The van der Waals surface area contributed by atoms with Gasteiger partial charge in [0.15, 0.2) is 0 Å². The van der Waals surface area contributed by atoms with Crippen LogP contribution in [0.4, 0.5) is 0 Å². The molecular weight excluding hydrogens is 254 g/mol. The molecule has 0 unspecified atom stereocenters. The summed E-state index contributed by atoms with van der Waals surface area (Å²) in [6.07, 6.45) is 3.14. The Balaban J connectivity index is 1.85. The molecule has 0 radical (unpaired) electrons. The molecule has 0 aliphatic rings. The van der Waals surface area contributed by atoms with Crippen molar-refractivity contribution in [2.45, 2.75) is 25.3 Å². The SMILES string of the molecule is N[C@@H](CS)CCCCOc1cccc2ccccc12. The van der Waals surface area contributed by atoms with Crippen molar-refractivity contribution in [2.75, 3.05) is 12.4 Å². The topological polar surface area (TPSA) is 35.2 Å². The Labute approximate surface area is 120 Å². The molecule has 0 aliphatic heterocycles. The smallest absolute Gasteiger partial charge is 0.127 e. The zero-order valence-corrected chi connectivity index (χ0v) is 12.0. The largest absolute Gasteiger partial charge is 0.493 e. The van der Waals surface area contributed by atoms with Crippen molar-refractivity contribution in [2.24, 2.45) is 5.73 Å². The molecule has 0 aromatic heterocycles. The van der Waals surface area contributed by atoms with E-state index in [2.05, 4.69) is 30.8 Å². The van der Waals surface area contributed by atoms with Crippen molar-refractivity contribution in [1.29, 1.82) is 0 Å². The number of unbranched alkanes of at least 4 members (excludes halogenated alkanes) is 1. The van der Waals surface area contributed by atoms with Gasteiger partial charge in [-0.15, -0.1) is 0 Å². The average molecular weight is 275 g/mol. The van der Waals surface area contributed by atoms with Gasteiger partial charge in [0, 0.05) is 17.2 Å². The van der Waals surface area contributed by atoms with Crippen LogP contribution in [0.25, 0.3) is 10.8 Å². The first-order valence-corrected chi connectivity index (χ1v) is 7.41. The number of benzene rings is 2. The second kappa shape index (κ2) is 7.41. The molecule has 0 saturated heterocycles. The molecule has 102 valence electrons. The summed E-state index contributed by atoms with van der Waals surface area (Å²) in [5, 5.41) is 2.40. The number of hydrogen-bond acceptors (Lipinski definition) is 3. The number of nitrogens with two attached hydrogens (primary N) is 1. The van der Waals surface area contributed by atoms with Crippen LogP contribution in [0.15, 0.2) is 42.5 Å². The number of thiol groups is 1. The van der Waals surface area contributed by atoms with E-state index in [1.807, 2.05) is 24.3 Å². The van der Waals surface area contributed by atoms with E-state index in [0.29, 0.717) is 0 Å². The first kappa shape index (κ1) is 14.2. The molecule has 0 aliphatic carbocycles. The standard InChI is InChI=1S/C16H21NOS/c17-14(12-19)8-3-4-11-18-16-10-5-7-13-6-1-2-9-15(13)16/h1-2,5-7,9-10,14,19H,3-4,8,11-12,17H2/t14-/m1/s1. The Kier molecular flexibility index (Phi) is 5.55. The third-order valence-corrected chi connectivity index (χ3v) is 3.68. The third kappa shape index (κ3) is 4.15. The van der Waals surface area contributed by atoms with Crippen molar-refractivity contribution < 1.29 is 4.74 Å². The molecule has 0 saturated carbocycles. The molecule has 1 atom stereocenters. The summed E-state index contributed by atoms with van der Waals surface area (Å²) in [4.78, 5) is 0. The number of rotatable bonds is 7. The highest BCUT2D eigenvalue weighted by Crippen LogP contribution is 2.25. The molecule has 2 nitrogen and oxygen atoms in total. The quantitative estimate of drug-likeness (QED) is 0.597. The molecule has 2 aromatic rings. The highest BCUT2D eigenvalue weighted by atomic mass is 32.1. The Morgan fingerprint density at radius 2 is 1.84 bits per heavy atom. The van der Waals surface area contributed by atoms with Gasteiger partial charge in [-0.05, 0) is 30.7 Å². The van der Waals surface area contributed by atoms with Gasteiger partial charge in [-0.3, -0.25) is 0 Å². The van der Waals surface area contributed by atoms with Crippen LogP contribution in [0.2, 0.25) is 0 Å². The fourth-order valence-corrected chi connectivity index (χ4v) is 2.29. The number of hydrogen-bond donors (Lipinski definition) is 2. The highest BCUT2D eigenvalue weighted by Gasteiger charge is 2.02. The van der Waals surface area contributed by atoms with E-state index in [9.17, 15) is 0 Å². The van der Waals surface area contributed by atoms with Crippen LogP contribution < -0.4 is 10.5 Å². The molecule has 0 amide bonds. The average Bonchev–Trinajstić information content (AvgIpc) is 2.46. The maximum absolute atomic E-state index is 5.87. The van der Waals surface area contributed by atoms with E-state index in [1.165, 1.54) is 10.8 Å².